The predicted octanol–water partition coefficient (Wildman–Crippen LogP) is 3.77. The predicted molar refractivity (Wildman–Crippen MR) is 117 cm³/mol. The molecule has 1 aromatic heterocycles. The van der Waals surface area contributed by atoms with E-state index in [1.807, 2.05) is 24.3 Å². The van der Waals surface area contributed by atoms with Crippen molar-refractivity contribution in [2.75, 3.05) is 6.61 Å². The van der Waals surface area contributed by atoms with Gasteiger partial charge in [-0.15, -0.1) is 0 Å². The summed E-state index contributed by atoms with van der Waals surface area (Å²) < 4.78 is 18.9. The zero-order valence-electron chi connectivity index (χ0n) is 17.4. The molecule has 0 aliphatic heterocycles. The SMILES string of the molecule is N#CCCOC(=O)Cc1cccc(-c2cc(C(=O)Cc3ccncc3F)ccc2CN)c1. The van der Waals surface area contributed by atoms with Crippen molar-refractivity contribution in [2.45, 2.75) is 25.8 Å². The van der Waals surface area contributed by atoms with Crippen LogP contribution in [0, 0.1) is 17.1 Å². The maximum absolute atomic E-state index is 13.9. The summed E-state index contributed by atoms with van der Waals surface area (Å²) in [7, 11) is 0. The highest BCUT2D eigenvalue weighted by molar-refractivity contribution is 5.98. The molecule has 0 radical (unpaired) electrons. The minimum Gasteiger partial charge on any atom is -0.464 e. The Hall–Kier alpha value is -3.89. The molecule has 0 atom stereocenters. The average molecular weight is 431 g/mol. The van der Waals surface area contributed by atoms with Crippen LogP contribution in [0.2, 0.25) is 0 Å². The number of pyridine rings is 1. The highest BCUT2D eigenvalue weighted by Crippen LogP contribution is 2.27. The first-order valence-electron chi connectivity index (χ1n) is 10.1. The number of nitrogens with two attached hydrogens (primary N) is 1. The third-order valence-electron chi connectivity index (χ3n) is 4.92. The topological polar surface area (TPSA) is 106 Å². The first kappa shape index (κ1) is 22.8. The second kappa shape index (κ2) is 10.9. The fraction of sp³-hybridized carbons (Fsp3) is 0.200. The maximum atomic E-state index is 13.9. The van der Waals surface area contributed by atoms with Gasteiger partial charge in [0.2, 0.25) is 0 Å². The number of rotatable bonds is 9. The lowest BCUT2D eigenvalue weighted by molar-refractivity contribution is -0.142. The van der Waals surface area contributed by atoms with Crippen LogP contribution in [0.25, 0.3) is 11.1 Å². The molecule has 1 heterocycles. The van der Waals surface area contributed by atoms with Crippen molar-refractivity contribution in [2.24, 2.45) is 5.73 Å². The number of ketones is 1. The Balaban J connectivity index is 1.84. The number of nitriles is 1. The van der Waals surface area contributed by atoms with Gasteiger partial charge in [0.05, 0.1) is 25.1 Å². The summed E-state index contributed by atoms with van der Waals surface area (Å²) in [5.41, 5.74) is 9.78. The van der Waals surface area contributed by atoms with Crippen molar-refractivity contribution in [3.8, 4) is 17.2 Å². The molecule has 0 bridgehead atoms. The fourth-order valence-electron chi connectivity index (χ4n) is 3.30. The molecule has 6 nitrogen and oxygen atoms in total. The fourth-order valence-corrected chi connectivity index (χ4v) is 3.30. The lowest BCUT2D eigenvalue weighted by atomic mass is 9.93. The van der Waals surface area contributed by atoms with Gasteiger partial charge < -0.3 is 10.5 Å². The van der Waals surface area contributed by atoms with Crippen LogP contribution in [-0.2, 0) is 28.9 Å². The monoisotopic (exact) mass is 431 g/mol. The van der Waals surface area contributed by atoms with Crippen LogP contribution in [0.15, 0.2) is 60.9 Å². The molecule has 0 amide bonds. The van der Waals surface area contributed by atoms with Crippen molar-refractivity contribution < 1.29 is 18.7 Å². The van der Waals surface area contributed by atoms with Gasteiger partial charge >= 0.3 is 5.97 Å². The van der Waals surface area contributed by atoms with Gasteiger partial charge in [0.25, 0.3) is 0 Å². The number of Topliss-reactive ketones (excluding diaryl/α,β-unsaturated/α-hetero) is 1. The highest BCUT2D eigenvalue weighted by atomic mass is 19.1. The number of carbonyl (C=O) groups is 2. The minimum atomic E-state index is -0.519. The van der Waals surface area contributed by atoms with E-state index in [1.54, 1.807) is 24.3 Å². The van der Waals surface area contributed by atoms with Gasteiger partial charge in [-0.2, -0.15) is 5.26 Å². The van der Waals surface area contributed by atoms with Crippen LogP contribution in [-0.4, -0.2) is 23.3 Å². The molecule has 2 N–H and O–H groups in total. The third kappa shape index (κ3) is 5.84. The van der Waals surface area contributed by atoms with Gasteiger partial charge in [0.15, 0.2) is 5.78 Å². The molecule has 0 spiro atoms. The van der Waals surface area contributed by atoms with Gasteiger partial charge in [-0.1, -0.05) is 36.4 Å². The first-order chi connectivity index (χ1) is 15.5. The van der Waals surface area contributed by atoms with Crippen molar-refractivity contribution >= 4 is 11.8 Å². The molecule has 3 rings (SSSR count). The number of hydrogen-bond donors (Lipinski definition) is 1. The van der Waals surface area contributed by atoms with Gasteiger partial charge in [-0.05, 0) is 39.9 Å². The van der Waals surface area contributed by atoms with Gasteiger partial charge in [0.1, 0.15) is 12.4 Å². The molecular weight excluding hydrogens is 409 g/mol. The summed E-state index contributed by atoms with van der Waals surface area (Å²) in [6.07, 6.45) is 2.67. The van der Waals surface area contributed by atoms with Crippen molar-refractivity contribution in [1.82, 2.24) is 4.98 Å². The van der Waals surface area contributed by atoms with E-state index in [-0.39, 0.29) is 43.8 Å². The molecule has 0 saturated carbocycles. The zero-order valence-corrected chi connectivity index (χ0v) is 17.4. The Labute approximate surface area is 185 Å². The molecule has 0 aliphatic carbocycles. The maximum Gasteiger partial charge on any atom is 0.310 e. The number of halogens is 1. The Morgan fingerprint density at radius 2 is 1.94 bits per heavy atom. The van der Waals surface area contributed by atoms with E-state index in [4.69, 9.17) is 15.7 Å². The number of aromatic nitrogens is 1. The van der Waals surface area contributed by atoms with Crippen LogP contribution in [0.1, 0.15) is 33.5 Å². The molecular formula is C25H22FN3O3. The molecule has 2 aromatic carbocycles. The number of benzene rings is 2. The van der Waals surface area contributed by atoms with E-state index in [1.165, 1.54) is 12.3 Å². The average Bonchev–Trinajstić information content (AvgIpc) is 2.80. The van der Waals surface area contributed by atoms with Gasteiger partial charge in [0, 0.05) is 24.7 Å². The summed E-state index contributed by atoms with van der Waals surface area (Å²) in [5, 5.41) is 8.54. The standard InChI is InChI=1S/C25H22FN3O3/c26-23-16-29-9-7-19(23)14-24(30)20-5-6-21(15-28)22(13-20)18-4-1-3-17(11-18)12-25(31)32-10-2-8-27/h1,3-7,9,11,13,16H,2,10,12,14-15,28H2. The van der Waals surface area contributed by atoms with Crippen LogP contribution in [0.5, 0.6) is 0 Å². The Kier molecular flexibility index (Phi) is 7.79. The van der Waals surface area contributed by atoms with Crippen LogP contribution < -0.4 is 5.73 Å². The molecule has 0 aliphatic rings. The summed E-state index contributed by atoms with van der Waals surface area (Å²) >= 11 is 0. The summed E-state index contributed by atoms with van der Waals surface area (Å²) in [6.45, 7) is 0.331. The van der Waals surface area contributed by atoms with E-state index in [2.05, 4.69) is 4.98 Å². The van der Waals surface area contributed by atoms with E-state index in [0.717, 1.165) is 28.5 Å². The molecule has 0 fully saturated rings. The Bertz CT molecular complexity index is 1170. The highest BCUT2D eigenvalue weighted by Gasteiger charge is 2.14. The second-order valence-electron chi connectivity index (χ2n) is 7.15. The Morgan fingerprint density at radius 1 is 1.09 bits per heavy atom. The summed E-state index contributed by atoms with van der Waals surface area (Å²) in [6, 6.07) is 16.0. The number of nitrogens with zero attached hydrogens (tertiary/aromatic N) is 2. The molecule has 0 unspecified atom stereocenters. The largest absolute Gasteiger partial charge is 0.464 e. The second-order valence-corrected chi connectivity index (χ2v) is 7.15. The van der Waals surface area contributed by atoms with Crippen molar-refractivity contribution in [3.63, 3.8) is 0 Å². The zero-order chi connectivity index (χ0) is 22.9. The molecule has 3 aromatic rings. The minimum absolute atomic E-state index is 0.0641. The normalized spacial score (nSPS) is 10.4. The quantitative estimate of drug-likeness (QED) is 0.314. The lowest BCUT2D eigenvalue weighted by Crippen LogP contribution is -2.09. The summed E-state index contributed by atoms with van der Waals surface area (Å²) in [4.78, 5) is 28.5. The van der Waals surface area contributed by atoms with E-state index in [9.17, 15) is 14.0 Å². The molecule has 0 saturated heterocycles. The summed E-state index contributed by atoms with van der Waals surface area (Å²) in [5.74, 6) is -1.16. The Morgan fingerprint density at radius 3 is 2.69 bits per heavy atom. The van der Waals surface area contributed by atoms with E-state index in [0.29, 0.717) is 5.56 Å². The molecule has 32 heavy (non-hydrogen) atoms. The molecule has 7 heteroatoms. The van der Waals surface area contributed by atoms with Gasteiger partial charge in [-0.3, -0.25) is 14.6 Å². The number of carbonyl (C=O) groups excluding carboxylic acids is 2. The van der Waals surface area contributed by atoms with Crippen LogP contribution in [0.4, 0.5) is 4.39 Å². The van der Waals surface area contributed by atoms with Crippen LogP contribution in [0.3, 0.4) is 0 Å². The van der Waals surface area contributed by atoms with Crippen LogP contribution >= 0.6 is 0 Å². The number of hydrogen-bond acceptors (Lipinski definition) is 6. The van der Waals surface area contributed by atoms with E-state index >= 15 is 0 Å². The van der Waals surface area contributed by atoms with E-state index < -0.39 is 11.8 Å². The lowest BCUT2D eigenvalue weighted by Gasteiger charge is -2.12. The third-order valence-corrected chi connectivity index (χ3v) is 4.92. The smallest absolute Gasteiger partial charge is 0.310 e. The first-order valence-corrected chi connectivity index (χ1v) is 10.1. The van der Waals surface area contributed by atoms with Gasteiger partial charge in [-0.25, -0.2) is 4.39 Å². The van der Waals surface area contributed by atoms with Crippen molar-refractivity contribution in [1.29, 1.82) is 5.26 Å². The number of esters is 1. The van der Waals surface area contributed by atoms with Crippen molar-refractivity contribution in [3.05, 3.63) is 89.0 Å². The number of ether oxygens (including phenoxy) is 1. The molecule has 162 valence electrons.